The number of nitrogens with one attached hydrogen (secondary N) is 1. The fraction of sp³-hybridized carbons (Fsp3) is 0.405. The standard InChI is InChI=1S/C37H43N5O9/c1-8-37(5,32(41-42-38)33(44)39-21-29(43)51-36(2,3)4)50-28-20-25(16-19-27(28)48-22-23-12-10-9-11-13-23)31-30(35(45)47-7)40-34(49-31)24-14-17-26(46-6)18-15-24/h9-20,30-32H,8,21-22H2,1-7H3,(H,39,44)/t30-,31+,32+,37+/m0/s1. The lowest BCUT2D eigenvalue weighted by atomic mass is 9.92. The van der Waals surface area contributed by atoms with E-state index >= 15 is 0 Å². The fourth-order valence-corrected chi connectivity index (χ4v) is 5.18. The first kappa shape index (κ1) is 38.1. The van der Waals surface area contributed by atoms with Crippen LogP contribution in [0.1, 0.15) is 63.8 Å². The van der Waals surface area contributed by atoms with Crippen LogP contribution in [0.15, 0.2) is 82.9 Å². The number of nitrogens with zero attached hydrogens (tertiary/aromatic N) is 4. The summed E-state index contributed by atoms with van der Waals surface area (Å²) in [6, 6.07) is 19.1. The zero-order valence-electron chi connectivity index (χ0n) is 29.7. The number of benzene rings is 3. The number of amides is 1. The maximum atomic E-state index is 13.4. The minimum atomic E-state index is -1.45. The molecular weight excluding hydrogens is 658 g/mol. The number of carbonyl (C=O) groups is 3. The first-order valence-electron chi connectivity index (χ1n) is 16.3. The summed E-state index contributed by atoms with van der Waals surface area (Å²) in [6.45, 7) is 8.24. The average molecular weight is 702 g/mol. The third kappa shape index (κ3) is 9.92. The van der Waals surface area contributed by atoms with E-state index in [1.165, 1.54) is 7.11 Å². The van der Waals surface area contributed by atoms with E-state index < -0.39 is 53.8 Å². The highest BCUT2D eigenvalue weighted by molar-refractivity contribution is 5.98. The monoisotopic (exact) mass is 701 g/mol. The lowest BCUT2D eigenvalue weighted by Gasteiger charge is -2.35. The van der Waals surface area contributed by atoms with Crippen molar-refractivity contribution in [3.05, 3.63) is 99.9 Å². The highest BCUT2D eigenvalue weighted by atomic mass is 16.6. The van der Waals surface area contributed by atoms with Crippen molar-refractivity contribution in [3.8, 4) is 17.2 Å². The molecule has 0 unspecified atom stereocenters. The Kier molecular flexibility index (Phi) is 12.5. The second-order valence-electron chi connectivity index (χ2n) is 12.8. The number of hydrogen-bond donors (Lipinski definition) is 1. The van der Waals surface area contributed by atoms with Crippen molar-refractivity contribution in [3.63, 3.8) is 0 Å². The Hall–Kier alpha value is -5.75. The van der Waals surface area contributed by atoms with E-state index in [1.807, 2.05) is 30.3 Å². The van der Waals surface area contributed by atoms with Gasteiger partial charge in [0.2, 0.25) is 11.8 Å². The number of rotatable bonds is 15. The maximum Gasteiger partial charge on any atom is 0.335 e. The van der Waals surface area contributed by atoms with E-state index in [4.69, 9.17) is 28.4 Å². The third-order valence-electron chi connectivity index (χ3n) is 7.96. The molecule has 0 aromatic heterocycles. The van der Waals surface area contributed by atoms with E-state index in [0.717, 1.165) is 5.56 Å². The molecule has 0 radical (unpaired) electrons. The first-order valence-corrected chi connectivity index (χ1v) is 16.3. The van der Waals surface area contributed by atoms with Crippen molar-refractivity contribution in [1.29, 1.82) is 0 Å². The van der Waals surface area contributed by atoms with Crippen LogP contribution in [0, 0.1) is 0 Å². The van der Waals surface area contributed by atoms with E-state index in [9.17, 15) is 19.9 Å². The Morgan fingerprint density at radius 3 is 2.31 bits per heavy atom. The number of azide groups is 1. The normalized spacial score (nSPS) is 17.0. The predicted molar refractivity (Wildman–Crippen MR) is 187 cm³/mol. The molecule has 4 rings (SSSR count). The van der Waals surface area contributed by atoms with Crippen molar-refractivity contribution in [2.75, 3.05) is 20.8 Å². The van der Waals surface area contributed by atoms with Gasteiger partial charge in [-0.15, -0.1) is 0 Å². The van der Waals surface area contributed by atoms with Gasteiger partial charge in [0.25, 0.3) is 0 Å². The van der Waals surface area contributed by atoms with Gasteiger partial charge in [-0.25, -0.2) is 9.79 Å². The topological polar surface area (TPSA) is 180 Å². The molecule has 1 heterocycles. The van der Waals surface area contributed by atoms with Crippen molar-refractivity contribution in [2.45, 2.75) is 77.0 Å². The van der Waals surface area contributed by atoms with Gasteiger partial charge >= 0.3 is 11.9 Å². The molecule has 0 fully saturated rings. The van der Waals surface area contributed by atoms with Crippen LogP contribution in [-0.4, -0.2) is 67.8 Å². The molecule has 0 aliphatic carbocycles. The summed E-state index contributed by atoms with van der Waals surface area (Å²) in [5.41, 5.74) is 9.27. The summed E-state index contributed by atoms with van der Waals surface area (Å²) >= 11 is 0. The lowest BCUT2D eigenvalue weighted by Crippen LogP contribution is -2.52. The Morgan fingerprint density at radius 1 is 1.00 bits per heavy atom. The summed E-state index contributed by atoms with van der Waals surface area (Å²) in [5, 5.41) is 6.28. The first-order chi connectivity index (χ1) is 24.3. The number of carbonyl (C=O) groups excluding carboxylic acids is 3. The van der Waals surface area contributed by atoms with Crippen LogP contribution in [0.5, 0.6) is 17.2 Å². The molecule has 1 aliphatic heterocycles. The van der Waals surface area contributed by atoms with Crippen molar-refractivity contribution in [2.24, 2.45) is 10.1 Å². The number of aliphatic imine (C=N–C) groups is 1. The average Bonchev–Trinajstić information content (AvgIpc) is 3.57. The summed E-state index contributed by atoms with van der Waals surface area (Å²) in [4.78, 5) is 46.2. The summed E-state index contributed by atoms with van der Waals surface area (Å²) in [5.74, 6) is -0.661. The SMILES string of the molecule is CC[C@@](C)(Oc1cc([C@H]2OC(c3ccc(OC)cc3)=N[C@@H]2C(=O)OC)ccc1OCc1ccccc1)[C@H](N=[N+]=[N-])C(=O)NCC(=O)OC(C)(C)C. The van der Waals surface area contributed by atoms with Gasteiger partial charge < -0.3 is 33.7 Å². The van der Waals surface area contributed by atoms with E-state index in [1.54, 1.807) is 84.2 Å². The van der Waals surface area contributed by atoms with Gasteiger partial charge in [-0.2, -0.15) is 0 Å². The molecule has 0 spiro atoms. The van der Waals surface area contributed by atoms with Crippen molar-refractivity contribution in [1.82, 2.24) is 5.32 Å². The Morgan fingerprint density at radius 2 is 1.71 bits per heavy atom. The number of hydrogen-bond acceptors (Lipinski definition) is 11. The van der Waals surface area contributed by atoms with Crippen molar-refractivity contribution < 1.29 is 42.8 Å². The largest absolute Gasteiger partial charge is 0.497 e. The Labute approximate surface area is 296 Å². The molecule has 3 aromatic carbocycles. The van der Waals surface area contributed by atoms with Crippen LogP contribution in [0.25, 0.3) is 10.4 Å². The van der Waals surface area contributed by atoms with Gasteiger partial charge in [0.05, 0.1) is 14.2 Å². The quantitative estimate of drug-likeness (QED) is 0.0858. The van der Waals surface area contributed by atoms with E-state index in [0.29, 0.717) is 22.6 Å². The van der Waals surface area contributed by atoms with Crippen LogP contribution >= 0.6 is 0 Å². The van der Waals surface area contributed by atoms with Crippen LogP contribution in [0.2, 0.25) is 0 Å². The molecule has 1 N–H and O–H groups in total. The van der Waals surface area contributed by atoms with E-state index in [-0.39, 0.29) is 24.7 Å². The zero-order chi connectivity index (χ0) is 37.2. The summed E-state index contributed by atoms with van der Waals surface area (Å²) in [6.07, 6.45) is -0.730. The van der Waals surface area contributed by atoms with Crippen molar-refractivity contribution >= 4 is 23.7 Å². The minimum Gasteiger partial charge on any atom is -0.497 e. The second-order valence-corrected chi connectivity index (χ2v) is 12.8. The highest BCUT2D eigenvalue weighted by Crippen LogP contribution is 2.40. The summed E-state index contributed by atoms with van der Waals surface area (Å²) in [7, 11) is 2.83. The maximum absolute atomic E-state index is 13.4. The third-order valence-corrected chi connectivity index (χ3v) is 7.96. The van der Waals surface area contributed by atoms with Gasteiger partial charge in [-0.1, -0.05) is 48.4 Å². The number of methoxy groups -OCH3 is 2. The van der Waals surface area contributed by atoms with Crippen LogP contribution < -0.4 is 19.5 Å². The van der Waals surface area contributed by atoms with Crippen LogP contribution in [0.4, 0.5) is 0 Å². The molecule has 3 aromatic rings. The van der Waals surface area contributed by atoms with Crippen LogP contribution in [0.3, 0.4) is 0 Å². The molecule has 51 heavy (non-hydrogen) atoms. The minimum absolute atomic E-state index is 0.177. The molecule has 14 heteroatoms. The lowest BCUT2D eigenvalue weighted by molar-refractivity contribution is -0.154. The van der Waals surface area contributed by atoms with Gasteiger partial charge in [-0.3, -0.25) is 9.59 Å². The van der Waals surface area contributed by atoms with Crippen LogP contribution in [-0.2, 0) is 35.2 Å². The highest BCUT2D eigenvalue weighted by Gasteiger charge is 2.42. The van der Waals surface area contributed by atoms with Gasteiger partial charge in [0, 0.05) is 10.5 Å². The molecular formula is C37H43N5O9. The number of ether oxygens (including phenoxy) is 6. The molecule has 1 aliphatic rings. The predicted octanol–water partition coefficient (Wildman–Crippen LogP) is 6.02. The molecule has 0 saturated heterocycles. The summed E-state index contributed by atoms with van der Waals surface area (Å²) < 4.78 is 34.7. The molecule has 14 nitrogen and oxygen atoms in total. The smallest absolute Gasteiger partial charge is 0.335 e. The van der Waals surface area contributed by atoms with E-state index in [2.05, 4.69) is 20.3 Å². The second kappa shape index (κ2) is 16.8. The molecule has 270 valence electrons. The van der Waals surface area contributed by atoms with Gasteiger partial charge in [0.1, 0.15) is 30.1 Å². The Bertz CT molecular complexity index is 1770. The molecule has 1 amide bonds. The fourth-order valence-electron chi connectivity index (χ4n) is 5.18. The van der Waals surface area contributed by atoms with Gasteiger partial charge in [0.15, 0.2) is 29.7 Å². The zero-order valence-corrected chi connectivity index (χ0v) is 29.7. The molecule has 0 saturated carbocycles. The number of esters is 2. The van der Waals surface area contributed by atoms with Gasteiger partial charge in [-0.05, 0) is 87.2 Å². The molecule has 4 atom stereocenters. The Balaban J connectivity index is 1.70. The molecule has 0 bridgehead atoms.